The molecule has 84 valence electrons. The Morgan fingerprint density at radius 3 is 2.59 bits per heavy atom. The molecule has 0 N–H and O–H groups in total. The summed E-state index contributed by atoms with van der Waals surface area (Å²) in [7, 11) is 2.02. The van der Waals surface area contributed by atoms with Gasteiger partial charge in [-0.1, -0.05) is 6.07 Å². The van der Waals surface area contributed by atoms with Crippen LogP contribution in [0.4, 0.5) is 0 Å². The van der Waals surface area contributed by atoms with Crippen LogP contribution < -0.4 is 0 Å². The van der Waals surface area contributed by atoms with Crippen molar-refractivity contribution in [3.63, 3.8) is 0 Å². The number of nitrogens with zero attached hydrogens (tertiary/aromatic N) is 4. The molecule has 0 aliphatic rings. The van der Waals surface area contributed by atoms with Gasteiger partial charge in [0.05, 0.1) is 11.0 Å². The summed E-state index contributed by atoms with van der Waals surface area (Å²) in [6, 6.07) is 6.22. The molecule has 2 aromatic heterocycles. The number of aromatic nitrogens is 4. The minimum atomic E-state index is 1.01. The molecule has 0 amide bonds. The van der Waals surface area contributed by atoms with E-state index in [1.165, 1.54) is 6.33 Å². The second-order valence-electron chi connectivity index (χ2n) is 4.05. The third-order valence-electron chi connectivity index (χ3n) is 3.00. The number of imidazole rings is 1. The van der Waals surface area contributed by atoms with E-state index in [9.17, 15) is 0 Å². The Balaban J connectivity index is 2.21. The summed E-state index contributed by atoms with van der Waals surface area (Å²) in [5, 5.41) is 0. The maximum atomic E-state index is 4.52. The zero-order valence-corrected chi connectivity index (χ0v) is 9.75. The van der Waals surface area contributed by atoms with Crippen molar-refractivity contribution in [3.05, 3.63) is 42.7 Å². The molecule has 0 fully saturated rings. The molecule has 0 saturated heterocycles. The van der Waals surface area contributed by atoms with Gasteiger partial charge in [0.1, 0.15) is 12.2 Å². The Morgan fingerprint density at radius 1 is 1.06 bits per heavy atom. The number of aryl methyl sites for hydroxylation is 2. The molecule has 3 aromatic rings. The summed E-state index contributed by atoms with van der Waals surface area (Å²) in [4.78, 5) is 12.6. The van der Waals surface area contributed by atoms with Crippen molar-refractivity contribution < 1.29 is 0 Å². The Labute approximate surface area is 99.0 Å². The molecule has 0 radical (unpaired) electrons. The molecule has 4 nitrogen and oxygen atoms in total. The van der Waals surface area contributed by atoms with Crippen LogP contribution in [0.15, 0.2) is 36.9 Å². The van der Waals surface area contributed by atoms with Crippen molar-refractivity contribution in [2.24, 2.45) is 7.05 Å². The summed E-state index contributed by atoms with van der Waals surface area (Å²) in [6.45, 7) is 2.01. The lowest BCUT2D eigenvalue weighted by Gasteiger charge is -2.00. The fraction of sp³-hybridized carbons (Fsp3) is 0.154. The highest BCUT2D eigenvalue weighted by Crippen LogP contribution is 2.23. The van der Waals surface area contributed by atoms with Crippen LogP contribution in [0.5, 0.6) is 0 Å². The molecule has 2 heterocycles. The van der Waals surface area contributed by atoms with Crippen molar-refractivity contribution in [2.75, 3.05) is 0 Å². The van der Waals surface area contributed by atoms with Gasteiger partial charge in [0.2, 0.25) is 0 Å². The van der Waals surface area contributed by atoms with Crippen LogP contribution in [0.3, 0.4) is 0 Å². The number of rotatable bonds is 1. The average Bonchev–Trinajstić information content (AvgIpc) is 2.66. The van der Waals surface area contributed by atoms with Crippen LogP contribution in [0.1, 0.15) is 5.82 Å². The van der Waals surface area contributed by atoms with E-state index in [2.05, 4.69) is 37.7 Å². The molecule has 0 unspecified atom stereocenters. The Bertz CT molecular complexity index is 670. The molecular formula is C13H12N4. The Morgan fingerprint density at radius 2 is 1.82 bits per heavy atom. The maximum absolute atomic E-state index is 4.52. The van der Waals surface area contributed by atoms with E-state index >= 15 is 0 Å². The molecule has 4 heteroatoms. The van der Waals surface area contributed by atoms with Gasteiger partial charge < -0.3 is 4.57 Å². The SMILES string of the molecule is Cc1nc2cc(-c3cncnc3)ccc2n1C. The number of benzene rings is 1. The van der Waals surface area contributed by atoms with Gasteiger partial charge in [-0.3, -0.25) is 0 Å². The second kappa shape index (κ2) is 3.66. The van der Waals surface area contributed by atoms with Crippen LogP contribution in [-0.4, -0.2) is 19.5 Å². The van der Waals surface area contributed by atoms with Crippen molar-refractivity contribution in [3.8, 4) is 11.1 Å². The van der Waals surface area contributed by atoms with E-state index < -0.39 is 0 Å². The standard InChI is InChI=1S/C13H12N4/c1-9-16-12-5-10(3-4-13(12)17(9)2)11-6-14-8-15-7-11/h3-8H,1-2H3. The minimum absolute atomic E-state index is 1.01. The first-order valence-corrected chi connectivity index (χ1v) is 5.44. The summed E-state index contributed by atoms with van der Waals surface area (Å²) in [5.74, 6) is 1.02. The number of hydrogen-bond acceptors (Lipinski definition) is 3. The monoisotopic (exact) mass is 224 g/mol. The van der Waals surface area contributed by atoms with E-state index in [4.69, 9.17) is 0 Å². The first-order chi connectivity index (χ1) is 8.25. The first kappa shape index (κ1) is 9.96. The quantitative estimate of drug-likeness (QED) is 0.637. The molecule has 0 spiro atoms. The first-order valence-electron chi connectivity index (χ1n) is 5.44. The summed E-state index contributed by atoms with van der Waals surface area (Å²) >= 11 is 0. The maximum Gasteiger partial charge on any atom is 0.115 e. The van der Waals surface area contributed by atoms with Crippen LogP contribution in [-0.2, 0) is 7.05 Å². The lowest BCUT2D eigenvalue weighted by molar-refractivity contribution is 0.886. The molecule has 3 rings (SSSR count). The summed E-state index contributed by atoms with van der Waals surface area (Å²) in [6.07, 6.45) is 5.15. The molecule has 1 aromatic carbocycles. The van der Waals surface area contributed by atoms with E-state index in [-0.39, 0.29) is 0 Å². The van der Waals surface area contributed by atoms with Crippen molar-refractivity contribution in [1.82, 2.24) is 19.5 Å². The molecule has 0 aliphatic carbocycles. The molecular weight excluding hydrogens is 212 g/mol. The van der Waals surface area contributed by atoms with Gasteiger partial charge in [0.25, 0.3) is 0 Å². The number of fused-ring (bicyclic) bond motifs is 1. The van der Waals surface area contributed by atoms with E-state index in [0.717, 1.165) is 28.0 Å². The smallest absolute Gasteiger partial charge is 0.115 e. The van der Waals surface area contributed by atoms with E-state index in [1.807, 2.05) is 26.4 Å². The average molecular weight is 224 g/mol. The van der Waals surface area contributed by atoms with Crippen LogP contribution >= 0.6 is 0 Å². The molecule has 17 heavy (non-hydrogen) atoms. The summed E-state index contributed by atoms with van der Waals surface area (Å²) < 4.78 is 2.08. The topological polar surface area (TPSA) is 43.6 Å². The Hall–Kier alpha value is -2.23. The molecule has 0 atom stereocenters. The second-order valence-corrected chi connectivity index (χ2v) is 4.05. The van der Waals surface area contributed by atoms with Gasteiger partial charge in [-0.2, -0.15) is 0 Å². The van der Waals surface area contributed by atoms with Gasteiger partial charge in [-0.25, -0.2) is 15.0 Å². The normalized spacial score (nSPS) is 10.9. The fourth-order valence-corrected chi connectivity index (χ4v) is 1.95. The summed E-state index contributed by atoms with van der Waals surface area (Å²) in [5.41, 5.74) is 4.25. The van der Waals surface area contributed by atoms with Crippen LogP contribution in [0.25, 0.3) is 22.2 Å². The highest BCUT2D eigenvalue weighted by atomic mass is 15.0. The fourth-order valence-electron chi connectivity index (χ4n) is 1.95. The highest BCUT2D eigenvalue weighted by Gasteiger charge is 2.05. The predicted molar refractivity (Wildman–Crippen MR) is 66.5 cm³/mol. The van der Waals surface area contributed by atoms with Gasteiger partial charge in [0.15, 0.2) is 0 Å². The minimum Gasteiger partial charge on any atom is -0.331 e. The predicted octanol–water partition coefficient (Wildman–Crippen LogP) is 2.34. The third-order valence-corrected chi connectivity index (χ3v) is 3.00. The lowest BCUT2D eigenvalue weighted by atomic mass is 10.1. The molecule has 0 saturated carbocycles. The number of hydrogen-bond donors (Lipinski definition) is 0. The highest BCUT2D eigenvalue weighted by molar-refractivity contribution is 5.82. The van der Waals surface area contributed by atoms with Crippen molar-refractivity contribution in [1.29, 1.82) is 0 Å². The van der Waals surface area contributed by atoms with Gasteiger partial charge in [0, 0.05) is 25.0 Å². The molecule has 0 bridgehead atoms. The van der Waals surface area contributed by atoms with Crippen molar-refractivity contribution in [2.45, 2.75) is 6.92 Å². The zero-order valence-electron chi connectivity index (χ0n) is 9.75. The van der Waals surface area contributed by atoms with Gasteiger partial charge in [-0.15, -0.1) is 0 Å². The van der Waals surface area contributed by atoms with Crippen LogP contribution in [0, 0.1) is 6.92 Å². The van der Waals surface area contributed by atoms with E-state index in [1.54, 1.807) is 0 Å². The third kappa shape index (κ3) is 1.58. The molecule has 0 aliphatic heterocycles. The van der Waals surface area contributed by atoms with Gasteiger partial charge >= 0.3 is 0 Å². The van der Waals surface area contributed by atoms with Crippen molar-refractivity contribution >= 4 is 11.0 Å². The Kier molecular flexibility index (Phi) is 2.14. The van der Waals surface area contributed by atoms with E-state index in [0.29, 0.717) is 0 Å². The van der Waals surface area contributed by atoms with Gasteiger partial charge in [-0.05, 0) is 24.6 Å². The zero-order chi connectivity index (χ0) is 11.8. The van der Waals surface area contributed by atoms with Crippen LogP contribution in [0.2, 0.25) is 0 Å². The lowest BCUT2D eigenvalue weighted by Crippen LogP contribution is -1.89. The largest absolute Gasteiger partial charge is 0.331 e.